The second-order valence-electron chi connectivity index (χ2n) is 3.51. The minimum absolute atomic E-state index is 0.211. The summed E-state index contributed by atoms with van der Waals surface area (Å²) >= 11 is 0. The molecule has 0 amide bonds. The minimum atomic E-state index is -0.526. The highest BCUT2D eigenvalue weighted by Crippen LogP contribution is 2.08. The van der Waals surface area contributed by atoms with Crippen LogP contribution in [0.2, 0.25) is 0 Å². The van der Waals surface area contributed by atoms with Crippen LogP contribution in [-0.4, -0.2) is 12.6 Å². The molecule has 1 atom stereocenters. The lowest BCUT2D eigenvalue weighted by Gasteiger charge is -2.08. The van der Waals surface area contributed by atoms with Crippen molar-refractivity contribution in [3.63, 3.8) is 0 Å². The van der Waals surface area contributed by atoms with Crippen molar-refractivity contribution in [1.82, 2.24) is 5.32 Å². The van der Waals surface area contributed by atoms with Gasteiger partial charge in [0.15, 0.2) is 0 Å². The van der Waals surface area contributed by atoms with Gasteiger partial charge in [-0.25, -0.2) is 8.78 Å². The van der Waals surface area contributed by atoms with Crippen LogP contribution in [0.5, 0.6) is 0 Å². The molecule has 0 bridgehead atoms. The fourth-order valence-corrected chi connectivity index (χ4v) is 1.28. The lowest BCUT2D eigenvalue weighted by Crippen LogP contribution is -2.25. The highest BCUT2D eigenvalue weighted by Gasteiger charge is 2.01. The van der Waals surface area contributed by atoms with Gasteiger partial charge in [0, 0.05) is 12.1 Å². The van der Waals surface area contributed by atoms with Crippen molar-refractivity contribution in [2.45, 2.75) is 19.4 Å². The molecule has 0 radical (unpaired) electrons. The molecule has 1 rings (SSSR count). The van der Waals surface area contributed by atoms with Crippen LogP contribution >= 0.6 is 0 Å². The Kier molecular flexibility index (Phi) is 4.43. The maximum absolute atomic E-state index is 12.8. The fourth-order valence-electron chi connectivity index (χ4n) is 1.28. The Labute approximate surface area is 88.8 Å². The maximum Gasteiger partial charge on any atom is 0.126 e. The number of nitrogens with one attached hydrogen (secondary N) is 1. The lowest BCUT2D eigenvalue weighted by molar-refractivity contribution is 0.575. The van der Waals surface area contributed by atoms with Gasteiger partial charge in [-0.2, -0.15) is 0 Å². The van der Waals surface area contributed by atoms with E-state index >= 15 is 0 Å². The van der Waals surface area contributed by atoms with Crippen LogP contribution in [0.1, 0.15) is 12.5 Å². The number of rotatable bonds is 5. The van der Waals surface area contributed by atoms with E-state index in [1.165, 1.54) is 12.1 Å². The molecule has 0 heterocycles. The van der Waals surface area contributed by atoms with Gasteiger partial charge < -0.3 is 5.32 Å². The van der Waals surface area contributed by atoms with E-state index in [-0.39, 0.29) is 6.04 Å². The van der Waals surface area contributed by atoms with E-state index in [4.69, 9.17) is 0 Å². The van der Waals surface area contributed by atoms with Gasteiger partial charge in [0.25, 0.3) is 0 Å². The van der Waals surface area contributed by atoms with Crippen molar-refractivity contribution < 1.29 is 8.78 Å². The van der Waals surface area contributed by atoms with Crippen LogP contribution in [0.25, 0.3) is 0 Å². The first kappa shape index (κ1) is 11.9. The Hall–Kier alpha value is -1.22. The molecule has 1 unspecified atom stereocenters. The first-order chi connectivity index (χ1) is 7.11. The first-order valence-corrected chi connectivity index (χ1v) is 4.92. The lowest BCUT2D eigenvalue weighted by atomic mass is 10.1. The maximum atomic E-state index is 12.8. The quantitative estimate of drug-likeness (QED) is 0.738. The van der Waals surface area contributed by atoms with Gasteiger partial charge in [0.1, 0.15) is 11.6 Å². The predicted octanol–water partition coefficient (Wildman–Crippen LogP) is 2.67. The molecule has 82 valence electrons. The summed E-state index contributed by atoms with van der Waals surface area (Å²) in [7, 11) is 0. The smallest absolute Gasteiger partial charge is 0.126 e. The largest absolute Gasteiger partial charge is 0.310 e. The van der Waals surface area contributed by atoms with Crippen molar-refractivity contribution in [2.24, 2.45) is 0 Å². The third-order valence-electron chi connectivity index (χ3n) is 2.16. The van der Waals surface area contributed by atoms with Crippen molar-refractivity contribution in [2.75, 3.05) is 6.54 Å². The van der Waals surface area contributed by atoms with E-state index in [0.717, 1.165) is 6.07 Å². The van der Waals surface area contributed by atoms with Gasteiger partial charge in [-0.1, -0.05) is 6.08 Å². The fraction of sp³-hybridized carbons (Fsp3) is 0.333. The summed E-state index contributed by atoms with van der Waals surface area (Å²) in [5.74, 6) is -1.05. The Bertz CT molecular complexity index is 316. The zero-order valence-corrected chi connectivity index (χ0v) is 8.76. The van der Waals surface area contributed by atoms with Crippen molar-refractivity contribution >= 4 is 0 Å². The Morgan fingerprint density at radius 2 is 1.93 bits per heavy atom. The van der Waals surface area contributed by atoms with Gasteiger partial charge >= 0.3 is 0 Å². The molecule has 0 aliphatic rings. The summed E-state index contributed by atoms with van der Waals surface area (Å²) in [6, 6.07) is 3.79. The Balaban J connectivity index is 2.47. The summed E-state index contributed by atoms with van der Waals surface area (Å²) in [5, 5.41) is 3.16. The average Bonchev–Trinajstić information content (AvgIpc) is 2.16. The molecule has 0 aliphatic heterocycles. The first-order valence-electron chi connectivity index (χ1n) is 4.92. The normalized spacial score (nSPS) is 12.5. The molecule has 1 N–H and O–H groups in total. The molecule has 3 heteroatoms. The van der Waals surface area contributed by atoms with Crippen LogP contribution in [0.15, 0.2) is 30.9 Å². The topological polar surface area (TPSA) is 12.0 Å². The molecular weight excluding hydrogens is 196 g/mol. The molecule has 15 heavy (non-hydrogen) atoms. The van der Waals surface area contributed by atoms with E-state index in [9.17, 15) is 8.78 Å². The summed E-state index contributed by atoms with van der Waals surface area (Å²) in [6.45, 7) is 6.28. The molecular formula is C12H15F2N. The predicted molar refractivity (Wildman–Crippen MR) is 57.7 cm³/mol. The van der Waals surface area contributed by atoms with E-state index in [0.29, 0.717) is 18.5 Å². The van der Waals surface area contributed by atoms with Crippen LogP contribution in [0.4, 0.5) is 8.78 Å². The number of benzene rings is 1. The standard InChI is InChI=1S/C12H15F2N/c1-3-9(2)15-5-4-10-6-11(13)8-12(14)7-10/h3,6-9,15H,1,4-5H2,2H3. The molecule has 0 saturated carbocycles. The molecule has 1 aromatic carbocycles. The molecule has 1 aromatic rings. The molecule has 0 fully saturated rings. The summed E-state index contributed by atoms with van der Waals surface area (Å²) in [5.41, 5.74) is 0.663. The molecule has 1 nitrogen and oxygen atoms in total. The number of hydrogen-bond donors (Lipinski definition) is 1. The van der Waals surface area contributed by atoms with Gasteiger partial charge in [0.2, 0.25) is 0 Å². The van der Waals surface area contributed by atoms with Crippen molar-refractivity contribution in [1.29, 1.82) is 0 Å². The van der Waals surface area contributed by atoms with E-state index in [1.807, 2.05) is 6.92 Å². The zero-order chi connectivity index (χ0) is 11.3. The van der Waals surface area contributed by atoms with Crippen molar-refractivity contribution in [3.8, 4) is 0 Å². The van der Waals surface area contributed by atoms with E-state index < -0.39 is 11.6 Å². The number of hydrogen-bond acceptors (Lipinski definition) is 1. The average molecular weight is 211 g/mol. The van der Waals surface area contributed by atoms with Gasteiger partial charge in [-0.3, -0.25) is 0 Å². The van der Waals surface area contributed by atoms with Crippen molar-refractivity contribution in [3.05, 3.63) is 48.1 Å². The van der Waals surface area contributed by atoms with Gasteiger partial charge in [-0.05, 0) is 37.6 Å². The SMILES string of the molecule is C=CC(C)NCCc1cc(F)cc(F)c1. The van der Waals surface area contributed by atoms with Gasteiger partial charge in [-0.15, -0.1) is 6.58 Å². The summed E-state index contributed by atoms with van der Waals surface area (Å²) in [4.78, 5) is 0. The third kappa shape index (κ3) is 4.21. The molecule has 0 aromatic heterocycles. The van der Waals surface area contributed by atoms with Crippen LogP contribution < -0.4 is 5.32 Å². The minimum Gasteiger partial charge on any atom is -0.310 e. The third-order valence-corrected chi connectivity index (χ3v) is 2.16. The molecule has 0 aliphatic carbocycles. The second kappa shape index (κ2) is 5.61. The van der Waals surface area contributed by atoms with Gasteiger partial charge in [0.05, 0.1) is 0 Å². The Morgan fingerprint density at radius 1 is 1.33 bits per heavy atom. The Morgan fingerprint density at radius 3 is 2.47 bits per heavy atom. The highest BCUT2D eigenvalue weighted by atomic mass is 19.1. The zero-order valence-electron chi connectivity index (χ0n) is 8.76. The molecule has 0 spiro atoms. The molecule has 0 saturated heterocycles. The summed E-state index contributed by atoms with van der Waals surface area (Å²) < 4.78 is 25.6. The van der Waals surface area contributed by atoms with Crippen LogP contribution in [0, 0.1) is 11.6 Å². The number of halogens is 2. The highest BCUT2D eigenvalue weighted by molar-refractivity contribution is 5.18. The van der Waals surface area contributed by atoms with Crippen LogP contribution in [-0.2, 0) is 6.42 Å². The van der Waals surface area contributed by atoms with Crippen LogP contribution in [0.3, 0.4) is 0 Å². The van der Waals surface area contributed by atoms with E-state index in [2.05, 4.69) is 11.9 Å². The summed E-state index contributed by atoms with van der Waals surface area (Å²) in [6.07, 6.45) is 2.39. The monoisotopic (exact) mass is 211 g/mol. The van der Waals surface area contributed by atoms with E-state index in [1.54, 1.807) is 6.08 Å². The second-order valence-corrected chi connectivity index (χ2v) is 3.51.